The van der Waals surface area contributed by atoms with Crippen LogP contribution in [0.25, 0.3) is 0 Å². The molecule has 0 saturated heterocycles. The number of aliphatic hydroxyl groups excluding tert-OH is 1. The average Bonchev–Trinajstić information content (AvgIpc) is 2.82. The molecule has 96 valence electrons. The highest BCUT2D eigenvalue weighted by molar-refractivity contribution is 6.30. The first-order valence-electron chi connectivity index (χ1n) is 7.16. The van der Waals surface area contributed by atoms with E-state index in [0.29, 0.717) is 5.92 Å². The Hall–Kier alpha value is -0.530. The van der Waals surface area contributed by atoms with Gasteiger partial charge in [-0.3, -0.25) is 0 Å². The van der Waals surface area contributed by atoms with E-state index < -0.39 is 0 Å². The standard InChI is InChI=1S/C16H19ClO/c17-12-5-1-9(2-6-12)7-13(18)16-14-10-3-4-11(8-10)15(14)16/h1-2,5-6,10-11,13-16,18H,3-4,7-8H2. The minimum absolute atomic E-state index is 0.135. The van der Waals surface area contributed by atoms with Crippen LogP contribution in [0.1, 0.15) is 24.8 Å². The van der Waals surface area contributed by atoms with Crippen LogP contribution in [0.4, 0.5) is 0 Å². The van der Waals surface area contributed by atoms with Crippen molar-refractivity contribution in [2.75, 3.05) is 0 Å². The van der Waals surface area contributed by atoms with E-state index in [1.165, 1.54) is 24.8 Å². The Kier molecular flexibility index (Phi) is 2.50. The highest BCUT2D eigenvalue weighted by Gasteiger charge is 2.66. The van der Waals surface area contributed by atoms with Gasteiger partial charge in [-0.05, 0) is 73.0 Å². The van der Waals surface area contributed by atoms with E-state index in [4.69, 9.17) is 11.6 Å². The molecule has 1 nitrogen and oxygen atoms in total. The fourth-order valence-corrected chi connectivity index (χ4v) is 5.03. The fourth-order valence-electron chi connectivity index (χ4n) is 4.90. The van der Waals surface area contributed by atoms with Crippen LogP contribution < -0.4 is 0 Å². The number of rotatable bonds is 3. The molecule has 1 aromatic carbocycles. The molecule has 0 aromatic heterocycles. The largest absolute Gasteiger partial charge is 0.392 e. The van der Waals surface area contributed by atoms with Crippen molar-refractivity contribution in [3.05, 3.63) is 34.9 Å². The second-order valence-electron chi connectivity index (χ2n) is 6.46. The van der Waals surface area contributed by atoms with E-state index in [9.17, 15) is 5.11 Å². The molecule has 18 heavy (non-hydrogen) atoms. The van der Waals surface area contributed by atoms with Crippen LogP contribution in [0.15, 0.2) is 24.3 Å². The summed E-state index contributed by atoms with van der Waals surface area (Å²) in [5.74, 6) is 4.23. The molecule has 3 saturated carbocycles. The number of fused-ring (bicyclic) bond motifs is 5. The predicted octanol–water partition coefficient (Wildman–Crippen LogP) is 3.54. The van der Waals surface area contributed by atoms with Crippen molar-refractivity contribution >= 4 is 11.6 Å². The third-order valence-electron chi connectivity index (χ3n) is 5.60. The summed E-state index contributed by atoms with van der Waals surface area (Å²) < 4.78 is 0. The molecule has 5 atom stereocenters. The summed E-state index contributed by atoms with van der Waals surface area (Å²) in [5, 5.41) is 11.2. The van der Waals surface area contributed by atoms with Gasteiger partial charge >= 0.3 is 0 Å². The van der Waals surface area contributed by atoms with E-state index in [1.807, 2.05) is 24.3 Å². The Balaban J connectivity index is 1.43. The molecule has 3 fully saturated rings. The number of hydrogen-bond donors (Lipinski definition) is 1. The van der Waals surface area contributed by atoms with Gasteiger partial charge < -0.3 is 5.11 Å². The molecule has 0 spiro atoms. The monoisotopic (exact) mass is 262 g/mol. The van der Waals surface area contributed by atoms with Crippen LogP contribution in [-0.4, -0.2) is 11.2 Å². The fraction of sp³-hybridized carbons (Fsp3) is 0.625. The molecule has 3 aliphatic rings. The smallest absolute Gasteiger partial charge is 0.0614 e. The van der Waals surface area contributed by atoms with Gasteiger partial charge in [0.15, 0.2) is 0 Å². The summed E-state index contributed by atoms with van der Waals surface area (Å²) in [7, 11) is 0. The lowest BCUT2D eigenvalue weighted by atomic mass is 9.95. The summed E-state index contributed by atoms with van der Waals surface area (Å²) in [6.07, 6.45) is 4.98. The van der Waals surface area contributed by atoms with Crippen molar-refractivity contribution in [3.8, 4) is 0 Å². The zero-order chi connectivity index (χ0) is 12.3. The maximum Gasteiger partial charge on any atom is 0.0614 e. The summed E-state index contributed by atoms with van der Waals surface area (Å²) in [4.78, 5) is 0. The van der Waals surface area contributed by atoms with E-state index in [2.05, 4.69) is 0 Å². The SMILES string of the molecule is OC(Cc1ccc(Cl)cc1)C1C2C3CCC(C3)C12. The van der Waals surface area contributed by atoms with Crippen LogP contribution in [0, 0.1) is 29.6 Å². The molecular weight excluding hydrogens is 244 g/mol. The van der Waals surface area contributed by atoms with Crippen LogP contribution in [0.3, 0.4) is 0 Å². The van der Waals surface area contributed by atoms with Gasteiger partial charge in [-0.2, -0.15) is 0 Å². The maximum atomic E-state index is 10.4. The molecule has 0 heterocycles. The molecule has 0 amide bonds. The van der Waals surface area contributed by atoms with Crippen LogP contribution in [0.5, 0.6) is 0 Å². The van der Waals surface area contributed by atoms with E-state index in [0.717, 1.165) is 35.1 Å². The Bertz CT molecular complexity index is 439. The Morgan fingerprint density at radius 3 is 2.33 bits per heavy atom. The van der Waals surface area contributed by atoms with Gasteiger partial charge in [0, 0.05) is 5.02 Å². The summed E-state index contributed by atoms with van der Waals surface area (Å²) >= 11 is 5.89. The first-order chi connectivity index (χ1) is 8.74. The number of halogens is 1. The van der Waals surface area contributed by atoms with Gasteiger partial charge in [0.05, 0.1) is 6.10 Å². The lowest BCUT2D eigenvalue weighted by Gasteiger charge is -2.15. The second kappa shape index (κ2) is 3.98. The third-order valence-corrected chi connectivity index (χ3v) is 5.85. The van der Waals surface area contributed by atoms with Crippen molar-refractivity contribution < 1.29 is 5.11 Å². The van der Waals surface area contributed by atoms with E-state index in [1.54, 1.807) is 0 Å². The first-order valence-corrected chi connectivity index (χ1v) is 7.54. The minimum Gasteiger partial charge on any atom is -0.392 e. The summed E-state index contributed by atoms with van der Waals surface area (Å²) in [5.41, 5.74) is 1.21. The molecule has 2 heteroatoms. The average molecular weight is 263 g/mol. The van der Waals surface area contributed by atoms with Crippen molar-refractivity contribution in [1.29, 1.82) is 0 Å². The molecule has 3 aliphatic carbocycles. The van der Waals surface area contributed by atoms with Gasteiger partial charge in [0.25, 0.3) is 0 Å². The number of aliphatic hydroxyl groups is 1. The van der Waals surface area contributed by atoms with Crippen molar-refractivity contribution in [2.24, 2.45) is 29.6 Å². The molecule has 0 radical (unpaired) electrons. The topological polar surface area (TPSA) is 20.2 Å². The molecule has 2 bridgehead atoms. The highest BCUT2D eigenvalue weighted by Crippen LogP contribution is 2.70. The van der Waals surface area contributed by atoms with Crippen molar-refractivity contribution in [2.45, 2.75) is 31.8 Å². The molecule has 1 aromatic rings. The van der Waals surface area contributed by atoms with E-state index in [-0.39, 0.29) is 6.10 Å². The van der Waals surface area contributed by atoms with Crippen LogP contribution in [0.2, 0.25) is 5.02 Å². The van der Waals surface area contributed by atoms with Crippen LogP contribution in [-0.2, 0) is 6.42 Å². The van der Waals surface area contributed by atoms with Gasteiger partial charge in [0.1, 0.15) is 0 Å². The zero-order valence-corrected chi connectivity index (χ0v) is 11.2. The highest BCUT2D eigenvalue weighted by atomic mass is 35.5. The Morgan fingerprint density at radius 1 is 1.11 bits per heavy atom. The lowest BCUT2D eigenvalue weighted by molar-refractivity contribution is 0.129. The van der Waals surface area contributed by atoms with Gasteiger partial charge in [-0.1, -0.05) is 23.7 Å². The van der Waals surface area contributed by atoms with E-state index >= 15 is 0 Å². The number of hydrogen-bond acceptors (Lipinski definition) is 1. The Morgan fingerprint density at radius 2 is 1.72 bits per heavy atom. The minimum atomic E-state index is -0.135. The number of benzene rings is 1. The Labute approximate surface area is 113 Å². The normalized spacial score (nSPS) is 41.8. The maximum absolute atomic E-state index is 10.4. The quantitative estimate of drug-likeness (QED) is 0.884. The summed E-state index contributed by atoms with van der Waals surface area (Å²) in [6.45, 7) is 0. The van der Waals surface area contributed by atoms with Crippen molar-refractivity contribution in [3.63, 3.8) is 0 Å². The third kappa shape index (κ3) is 1.64. The van der Waals surface area contributed by atoms with Crippen molar-refractivity contribution in [1.82, 2.24) is 0 Å². The zero-order valence-electron chi connectivity index (χ0n) is 10.4. The molecule has 5 unspecified atom stereocenters. The van der Waals surface area contributed by atoms with Gasteiger partial charge in [0.2, 0.25) is 0 Å². The molecule has 1 N–H and O–H groups in total. The van der Waals surface area contributed by atoms with Crippen LogP contribution >= 0.6 is 11.6 Å². The van der Waals surface area contributed by atoms with Gasteiger partial charge in [-0.15, -0.1) is 0 Å². The predicted molar refractivity (Wildman–Crippen MR) is 72.5 cm³/mol. The first kappa shape index (κ1) is 11.3. The lowest BCUT2D eigenvalue weighted by Crippen LogP contribution is -2.18. The summed E-state index contributed by atoms with van der Waals surface area (Å²) in [6, 6.07) is 7.92. The molecule has 4 rings (SSSR count). The molecule has 0 aliphatic heterocycles. The second-order valence-corrected chi connectivity index (χ2v) is 6.90. The molecular formula is C16H19ClO. The van der Waals surface area contributed by atoms with Gasteiger partial charge in [-0.25, -0.2) is 0 Å².